The predicted molar refractivity (Wildman–Crippen MR) is 110 cm³/mol. The van der Waals surface area contributed by atoms with Gasteiger partial charge in [0, 0.05) is 41.7 Å². The second-order valence-electron chi connectivity index (χ2n) is 7.29. The fraction of sp³-hybridized carbons (Fsp3) is 0.381. The molecule has 1 aliphatic carbocycles. The topological polar surface area (TPSA) is 73.6 Å². The molecular formula is C21H23N5OS. The molecule has 3 aromatic heterocycles. The van der Waals surface area contributed by atoms with Crippen LogP contribution < -0.4 is 5.56 Å². The monoisotopic (exact) mass is 393 g/mol. The molecule has 0 aliphatic heterocycles. The molecule has 3 heterocycles. The fourth-order valence-corrected chi connectivity index (χ4v) is 4.20. The normalized spacial score (nSPS) is 19.0. The van der Waals surface area contributed by atoms with Gasteiger partial charge < -0.3 is 0 Å². The van der Waals surface area contributed by atoms with Gasteiger partial charge in [-0.25, -0.2) is 15.0 Å². The van der Waals surface area contributed by atoms with E-state index in [0.29, 0.717) is 11.8 Å². The summed E-state index contributed by atoms with van der Waals surface area (Å²) in [5.74, 6) is 2.25. The van der Waals surface area contributed by atoms with Crippen LogP contribution in [0.2, 0.25) is 0 Å². The number of hydrogen-bond acceptors (Lipinski definition) is 6. The Labute approximate surface area is 168 Å². The van der Waals surface area contributed by atoms with Gasteiger partial charge in [0.25, 0.3) is 5.56 Å². The Hall–Kier alpha value is -2.54. The Balaban J connectivity index is 1.34. The van der Waals surface area contributed by atoms with Gasteiger partial charge in [0.05, 0.1) is 11.9 Å². The molecule has 4 rings (SSSR count). The number of pyridine rings is 1. The van der Waals surface area contributed by atoms with Gasteiger partial charge in [-0.1, -0.05) is 0 Å². The van der Waals surface area contributed by atoms with Gasteiger partial charge in [-0.3, -0.25) is 14.3 Å². The average molecular weight is 394 g/mol. The summed E-state index contributed by atoms with van der Waals surface area (Å²) in [6, 6.07) is 5.41. The van der Waals surface area contributed by atoms with Gasteiger partial charge >= 0.3 is 0 Å². The van der Waals surface area contributed by atoms with Crippen molar-refractivity contribution in [2.45, 2.75) is 37.0 Å². The summed E-state index contributed by atoms with van der Waals surface area (Å²) in [5.41, 5.74) is 1.72. The number of aromatic nitrogens is 5. The first-order chi connectivity index (χ1) is 13.7. The molecule has 2 atom stereocenters. The molecule has 0 spiro atoms. The molecule has 0 unspecified atom stereocenters. The minimum atomic E-state index is -0.101. The molecule has 6 nitrogen and oxygen atoms in total. The highest BCUT2D eigenvalue weighted by Crippen LogP contribution is 2.34. The van der Waals surface area contributed by atoms with Crippen molar-refractivity contribution < 1.29 is 0 Å². The second kappa shape index (κ2) is 8.65. The van der Waals surface area contributed by atoms with Gasteiger partial charge in [-0.05, 0) is 55.9 Å². The van der Waals surface area contributed by atoms with Crippen LogP contribution in [-0.2, 0) is 12.8 Å². The smallest absolute Gasteiger partial charge is 0.257 e. The summed E-state index contributed by atoms with van der Waals surface area (Å²) in [5, 5.41) is 0. The van der Waals surface area contributed by atoms with Crippen LogP contribution in [0.1, 0.15) is 30.8 Å². The summed E-state index contributed by atoms with van der Waals surface area (Å²) >= 11 is 1.67. The first-order valence-electron chi connectivity index (χ1n) is 9.54. The molecule has 3 aromatic rings. The zero-order valence-electron chi connectivity index (χ0n) is 15.9. The molecule has 1 fully saturated rings. The van der Waals surface area contributed by atoms with Crippen LogP contribution in [0.4, 0.5) is 0 Å². The van der Waals surface area contributed by atoms with Crippen molar-refractivity contribution in [3.8, 4) is 5.69 Å². The third-order valence-electron chi connectivity index (χ3n) is 5.35. The molecule has 0 amide bonds. The number of nitrogens with zero attached hydrogens (tertiary/aromatic N) is 5. The first-order valence-corrected chi connectivity index (χ1v) is 10.8. The predicted octanol–water partition coefficient (Wildman–Crippen LogP) is 3.34. The Kier molecular flexibility index (Phi) is 5.81. The van der Waals surface area contributed by atoms with Crippen LogP contribution in [-0.4, -0.2) is 30.8 Å². The molecule has 7 heteroatoms. The maximum Gasteiger partial charge on any atom is 0.257 e. The lowest BCUT2D eigenvalue weighted by Crippen LogP contribution is -2.17. The van der Waals surface area contributed by atoms with Crippen molar-refractivity contribution in [3.05, 3.63) is 71.2 Å². The van der Waals surface area contributed by atoms with Crippen molar-refractivity contribution >= 4 is 11.8 Å². The summed E-state index contributed by atoms with van der Waals surface area (Å²) in [6.07, 6.45) is 16.2. The Bertz CT molecular complexity index is 971. The molecule has 0 radical (unpaired) electrons. The van der Waals surface area contributed by atoms with Gasteiger partial charge in [0.2, 0.25) is 0 Å². The van der Waals surface area contributed by atoms with Crippen molar-refractivity contribution in [1.29, 1.82) is 0 Å². The standard InChI is InChI=1S/C21H23N5OS/c1-28-19-12-24-20(25-13-19)10-16-3-2-15(8-16)9-17-4-5-18(11-23-17)26-14-22-7-6-21(26)27/h4-7,11-16H,2-3,8-10H2,1H3/t15-,16-/m0/s1. The van der Waals surface area contributed by atoms with Crippen molar-refractivity contribution in [1.82, 2.24) is 24.5 Å². The molecule has 144 valence electrons. The highest BCUT2D eigenvalue weighted by molar-refractivity contribution is 7.98. The zero-order chi connectivity index (χ0) is 19.3. The summed E-state index contributed by atoms with van der Waals surface area (Å²) in [7, 11) is 0. The molecule has 0 saturated heterocycles. The molecule has 1 saturated carbocycles. The molecular weight excluding hydrogens is 370 g/mol. The Morgan fingerprint density at radius 2 is 1.82 bits per heavy atom. The van der Waals surface area contributed by atoms with E-state index in [1.165, 1.54) is 42.4 Å². The van der Waals surface area contributed by atoms with Crippen LogP contribution in [0.3, 0.4) is 0 Å². The summed E-state index contributed by atoms with van der Waals surface area (Å²) in [4.78, 5) is 30.6. The summed E-state index contributed by atoms with van der Waals surface area (Å²) < 4.78 is 1.50. The van der Waals surface area contributed by atoms with Crippen molar-refractivity contribution in [2.24, 2.45) is 11.8 Å². The second-order valence-corrected chi connectivity index (χ2v) is 8.17. The van der Waals surface area contributed by atoms with Crippen LogP contribution in [0.5, 0.6) is 0 Å². The fourth-order valence-electron chi connectivity index (χ4n) is 3.88. The third-order valence-corrected chi connectivity index (χ3v) is 6.03. The van der Waals surface area contributed by atoms with Gasteiger partial charge in [-0.2, -0.15) is 0 Å². The summed E-state index contributed by atoms with van der Waals surface area (Å²) in [6.45, 7) is 0. The maximum atomic E-state index is 11.9. The van der Waals surface area contributed by atoms with Crippen molar-refractivity contribution in [2.75, 3.05) is 6.26 Å². The lowest BCUT2D eigenvalue weighted by atomic mass is 9.97. The van der Waals surface area contributed by atoms with E-state index in [2.05, 4.69) is 19.9 Å². The van der Waals surface area contributed by atoms with Gasteiger partial charge in [0.1, 0.15) is 12.2 Å². The molecule has 1 aliphatic rings. The Morgan fingerprint density at radius 3 is 2.50 bits per heavy atom. The van der Waals surface area contributed by atoms with Gasteiger partial charge in [0.15, 0.2) is 0 Å². The third kappa shape index (κ3) is 4.47. The minimum Gasteiger partial charge on any atom is -0.269 e. The SMILES string of the molecule is CSc1cnc(C[C@H]2CC[C@H](Cc3ccc(-n4cnccc4=O)cn3)C2)nc1. The quantitative estimate of drug-likeness (QED) is 0.598. The van der Waals surface area contributed by atoms with E-state index < -0.39 is 0 Å². The zero-order valence-corrected chi connectivity index (χ0v) is 16.7. The van der Waals surface area contributed by atoms with Crippen LogP contribution in [0.25, 0.3) is 5.69 Å². The van der Waals surface area contributed by atoms with E-state index >= 15 is 0 Å². The minimum absolute atomic E-state index is 0.101. The van der Waals surface area contributed by atoms with Crippen molar-refractivity contribution in [3.63, 3.8) is 0 Å². The highest BCUT2D eigenvalue weighted by atomic mass is 32.2. The Morgan fingerprint density at radius 1 is 1.04 bits per heavy atom. The van der Waals surface area contributed by atoms with E-state index in [-0.39, 0.29) is 5.56 Å². The van der Waals surface area contributed by atoms with E-state index in [1.807, 2.05) is 30.8 Å². The average Bonchev–Trinajstić information content (AvgIpc) is 3.16. The first kappa shape index (κ1) is 18.8. The number of thioether (sulfide) groups is 1. The van der Waals surface area contributed by atoms with Crippen LogP contribution in [0.15, 0.2) is 59.0 Å². The highest BCUT2D eigenvalue weighted by Gasteiger charge is 2.26. The number of rotatable bonds is 6. The van der Waals surface area contributed by atoms with E-state index in [1.54, 1.807) is 18.0 Å². The molecule has 0 bridgehead atoms. The molecule has 0 N–H and O–H groups in total. The van der Waals surface area contributed by atoms with Crippen LogP contribution >= 0.6 is 11.8 Å². The lowest BCUT2D eigenvalue weighted by Gasteiger charge is -2.11. The number of hydrogen-bond donors (Lipinski definition) is 0. The van der Waals surface area contributed by atoms with E-state index in [0.717, 1.165) is 34.9 Å². The molecule has 28 heavy (non-hydrogen) atoms. The largest absolute Gasteiger partial charge is 0.269 e. The molecule has 0 aromatic carbocycles. The van der Waals surface area contributed by atoms with Gasteiger partial charge in [-0.15, -0.1) is 11.8 Å². The maximum absolute atomic E-state index is 11.9. The van der Waals surface area contributed by atoms with E-state index in [9.17, 15) is 4.79 Å². The van der Waals surface area contributed by atoms with Crippen LogP contribution in [0, 0.1) is 11.8 Å². The lowest BCUT2D eigenvalue weighted by molar-refractivity contribution is 0.476. The van der Waals surface area contributed by atoms with E-state index in [4.69, 9.17) is 0 Å².